The van der Waals surface area contributed by atoms with Crippen molar-refractivity contribution in [2.24, 2.45) is 12.8 Å². The van der Waals surface area contributed by atoms with Gasteiger partial charge in [-0.3, -0.25) is 4.79 Å². The minimum atomic E-state index is -0.182. The molecule has 1 heterocycles. The maximum absolute atomic E-state index is 11.6. The number of ether oxygens (including phenoxy) is 1. The van der Waals surface area contributed by atoms with Crippen LogP contribution in [0.2, 0.25) is 0 Å². The quantitative estimate of drug-likeness (QED) is 0.932. The SMILES string of the molecule is COc1ccc(Br)cc1-c1nn(C)c(=O)cc1CN. The van der Waals surface area contributed by atoms with Crippen molar-refractivity contribution in [1.29, 1.82) is 0 Å². The molecule has 0 bridgehead atoms. The highest BCUT2D eigenvalue weighted by Gasteiger charge is 2.13. The maximum Gasteiger partial charge on any atom is 0.266 e. The second-order valence-electron chi connectivity index (χ2n) is 4.03. The monoisotopic (exact) mass is 323 g/mol. The first-order chi connectivity index (χ1) is 9.06. The molecule has 0 spiro atoms. The number of nitrogens with zero attached hydrogens (tertiary/aromatic N) is 2. The third-order valence-corrected chi connectivity index (χ3v) is 3.30. The van der Waals surface area contributed by atoms with E-state index >= 15 is 0 Å². The molecular weight excluding hydrogens is 310 g/mol. The van der Waals surface area contributed by atoms with Crippen molar-refractivity contribution in [2.75, 3.05) is 7.11 Å². The van der Waals surface area contributed by atoms with Crippen LogP contribution in [0, 0.1) is 0 Å². The van der Waals surface area contributed by atoms with E-state index < -0.39 is 0 Å². The Morgan fingerprint density at radius 2 is 2.16 bits per heavy atom. The van der Waals surface area contributed by atoms with Gasteiger partial charge in [0.05, 0.1) is 12.8 Å². The Morgan fingerprint density at radius 3 is 2.79 bits per heavy atom. The van der Waals surface area contributed by atoms with Gasteiger partial charge in [0, 0.05) is 29.7 Å². The van der Waals surface area contributed by atoms with E-state index in [9.17, 15) is 4.79 Å². The molecule has 0 atom stereocenters. The number of nitrogens with two attached hydrogens (primary N) is 1. The van der Waals surface area contributed by atoms with Crippen molar-refractivity contribution in [2.45, 2.75) is 6.54 Å². The van der Waals surface area contributed by atoms with E-state index in [-0.39, 0.29) is 12.1 Å². The smallest absolute Gasteiger partial charge is 0.266 e. The van der Waals surface area contributed by atoms with E-state index in [4.69, 9.17) is 10.5 Å². The lowest BCUT2D eigenvalue weighted by atomic mass is 10.1. The Balaban J connectivity index is 2.74. The summed E-state index contributed by atoms with van der Waals surface area (Å²) < 4.78 is 7.53. The van der Waals surface area contributed by atoms with Gasteiger partial charge < -0.3 is 10.5 Å². The second kappa shape index (κ2) is 5.54. The van der Waals surface area contributed by atoms with E-state index in [1.165, 1.54) is 10.7 Å². The first kappa shape index (κ1) is 13.8. The summed E-state index contributed by atoms with van der Waals surface area (Å²) >= 11 is 3.42. The average Bonchev–Trinajstić information content (AvgIpc) is 2.41. The summed E-state index contributed by atoms with van der Waals surface area (Å²) in [5, 5.41) is 4.29. The third-order valence-electron chi connectivity index (χ3n) is 2.81. The molecule has 2 rings (SSSR count). The van der Waals surface area contributed by atoms with Crippen LogP contribution in [0.25, 0.3) is 11.3 Å². The Morgan fingerprint density at radius 1 is 1.42 bits per heavy atom. The largest absolute Gasteiger partial charge is 0.496 e. The number of hydrogen-bond donors (Lipinski definition) is 1. The van der Waals surface area contributed by atoms with Gasteiger partial charge in [0.15, 0.2) is 0 Å². The molecule has 6 heteroatoms. The zero-order valence-corrected chi connectivity index (χ0v) is 12.3. The van der Waals surface area contributed by atoms with Gasteiger partial charge >= 0.3 is 0 Å². The van der Waals surface area contributed by atoms with Crippen LogP contribution in [0.3, 0.4) is 0 Å². The molecule has 0 amide bonds. The lowest BCUT2D eigenvalue weighted by Crippen LogP contribution is -2.21. The van der Waals surface area contributed by atoms with Crippen LogP contribution in [-0.4, -0.2) is 16.9 Å². The number of aromatic nitrogens is 2. The number of hydrogen-bond acceptors (Lipinski definition) is 4. The molecule has 0 saturated heterocycles. The molecule has 5 nitrogen and oxygen atoms in total. The molecule has 0 fully saturated rings. The molecule has 0 radical (unpaired) electrons. The van der Waals surface area contributed by atoms with E-state index in [2.05, 4.69) is 21.0 Å². The third kappa shape index (κ3) is 2.69. The van der Waals surface area contributed by atoms with Crippen LogP contribution in [0.5, 0.6) is 5.75 Å². The predicted octanol–water partition coefficient (Wildman–Crippen LogP) is 1.68. The lowest BCUT2D eigenvalue weighted by Gasteiger charge is -2.12. The topological polar surface area (TPSA) is 70.1 Å². The predicted molar refractivity (Wildman–Crippen MR) is 77.1 cm³/mol. The molecule has 100 valence electrons. The number of methoxy groups -OCH3 is 1. The number of halogens is 1. The van der Waals surface area contributed by atoms with Crippen LogP contribution in [-0.2, 0) is 13.6 Å². The molecule has 0 aliphatic rings. The fourth-order valence-electron chi connectivity index (χ4n) is 1.82. The standard InChI is InChI=1S/C13H14BrN3O2/c1-17-12(18)5-8(7-15)13(16-17)10-6-9(14)3-4-11(10)19-2/h3-6H,7,15H2,1-2H3. The van der Waals surface area contributed by atoms with E-state index in [1.54, 1.807) is 14.2 Å². The summed E-state index contributed by atoms with van der Waals surface area (Å²) in [7, 11) is 3.20. The highest BCUT2D eigenvalue weighted by molar-refractivity contribution is 9.10. The summed E-state index contributed by atoms with van der Waals surface area (Å²) in [6.07, 6.45) is 0. The average molecular weight is 324 g/mol. The Bertz CT molecular complexity index is 667. The van der Waals surface area contributed by atoms with Crippen molar-refractivity contribution in [3.63, 3.8) is 0 Å². The first-order valence-electron chi connectivity index (χ1n) is 5.68. The van der Waals surface area contributed by atoms with Crippen molar-refractivity contribution >= 4 is 15.9 Å². The number of rotatable bonds is 3. The van der Waals surface area contributed by atoms with Gasteiger partial charge in [-0.25, -0.2) is 4.68 Å². The minimum absolute atomic E-state index is 0.182. The minimum Gasteiger partial charge on any atom is -0.496 e. The Labute approximate surface area is 119 Å². The summed E-state index contributed by atoms with van der Waals surface area (Å²) in [6, 6.07) is 7.12. The van der Waals surface area contributed by atoms with Crippen LogP contribution < -0.4 is 16.0 Å². The highest BCUT2D eigenvalue weighted by atomic mass is 79.9. The molecule has 19 heavy (non-hydrogen) atoms. The van der Waals surface area contributed by atoms with Crippen molar-refractivity contribution in [3.05, 3.63) is 44.7 Å². The van der Waals surface area contributed by atoms with Gasteiger partial charge in [0.2, 0.25) is 0 Å². The Kier molecular flexibility index (Phi) is 4.01. The summed E-state index contributed by atoms with van der Waals surface area (Å²) in [4.78, 5) is 11.6. The molecule has 0 unspecified atom stereocenters. The van der Waals surface area contributed by atoms with Gasteiger partial charge in [-0.05, 0) is 23.8 Å². The first-order valence-corrected chi connectivity index (χ1v) is 6.47. The van der Waals surface area contributed by atoms with Crippen molar-refractivity contribution in [1.82, 2.24) is 9.78 Å². The number of benzene rings is 1. The van der Waals surface area contributed by atoms with Crippen molar-refractivity contribution in [3.8, 4) is 17.0 Å². The van der Waals surface area contributed by atoms with Crippen LogP contribution in [0.15, 0.2) is 33.5 Å². The molecule has 2 N–H and O–H groups in total. The number of aryl methyl sites for hydroxylation is 1. The second-order valence-corrected chi connectivity index (χ2v) is 4.94. The van der Waals surface area contributed by atoms with Crippen molar-refractivity contribution < 1.29 is 4.74 Å². The molecule has 0 saturated carbocycles. The maximum atomic E-state index is 11.6. The fraction of sp³-hybridized carbons (Fsp3) is 0.231. The molecule has 0 aliphatic heterocycles. The fourth-order valence-corrected chi connectivity index (χ4v) is 2.18. The van der Waals surface area contributed by atoms with E-state index in [0.717, 1.165) is 10.0 Å². The molecule has 0 aliphatic carbocycles. The zero-order chi connectivity index (χ0) is 14.0. The molecule has 1 aromatic carbocycles. The highest BCUT2D eigenvalue weighted by Crippen LogP contribution is 2.32. The van der Waals surface area contributed by atoms with Gasteiger partial charge in [-0.1, -0.05) is 15.9 Å². The molecule has 1 aromatic heterocycles. The van der Waals surface area contributed by atoms with Gasteiger partial charge in [0.1, 0.15) is 5.75 Å². The van der Waals surface area contributed by atoms with E-state index in [1.807, 2.05) is 18.2 Å². The summed E-state index contributed by atoms with van der Waals surface area (Å²) in [5.74, 6) is 0.684. The normalized spacial score (nSPS) is 10.5. The van der Waals surface area contributed by atoms with Crippen LogP contribution in [0.1, 0.15) is 5.56 Å². The van der Waals surface area contributed by atoms with E-state index in [0.29, 0.717) is 17.0 Å². The van der Waals surface area contributed by atoms with Crippen LogP contribution in [0.4, 0.5) is 0 Å². The molecular formula is C13H14BrN3O2. The zero-order valence-electron chi connectivity index (χ0n) is 10.7. The Hall–Kier alpha value is -1.66. The van der Waals surface area contributed by atoms with Gasteiger partial charge in [-0.15, -0.1) is 0 Å². The lowest BCUT2D eigenvalue weighted by molar-refractivity contribution is 0.416. The van der Waals surface area contributed by atoms with Crippen LogP contribution >= 0.6 is 15.9 Å². The summed E-state index contributed by atoms with van der Waals surface area (Å²) in [5.41, 5.74) is 7.66. The van der Waals surface area contributed by atoms with Gasteiger partial charge in [0.25, 0.3) is 5.56 Å². The summed E-state index contributed by atoms with van der Waals surface area (Å²) in [6.45, 7) is 0.244. The van der Waals surface area contributed by atoms with Gasteiger partial charge in [-0.2, -0.15) is 5.10 Å². The molecule has 2 aromatic rings.